The van der Waals surface area contributed by atoms with Crippen molar-refractivity contribution >= 4 is 0 Å². The van der Waals surface area contributed by atoms with Crippen molar-refractivity contribution in [3.8, 4) is 0 Å². The minimum absolute atomic E-state index is 0.318. The molecular weight excluding hydrogens is 310 g/mol. The van der Waals surface area contributed by atoms with Gasteiger partial charge in [0, 0.05) is 38.8 Å². The third-order valence-corrected chi connectivity index (χ3v) is 4.12. The number of aliphatic hydroxyl groups excluding tert-OH is 1. The minimum atomic E-state index is -0.483. The number of furan rings is 1. The van der Waals surface area contributed by atoms with Gasteiger partial charge in [-0.05, 0) is 19.1 Å². The Morgan fingerprint density at radius 1 is 1.25 bits per heavy atom. The number of piperazine rings is 1. The zero-order valence-corrected chi connectivity index (χ0v) is 14.1. The molecular formula is C17H25N3O4. The summed E-state index contributed by atoms with van der Waals surface area (Å²) >= 11 is 0. The first-order chi connectivity index (χ1) is 11.7. The highest BCUT2D eigenvalue weighted by molar-refractivity contribution is 5.03. The summed E-state index contributed by atoms with van der Waals surface area (Å²) in [5, 5.41) is 14.0. The molecule has 3 heterocycles. The smallest absolute Gasteiger partial charge is 0.150 e. The quantitative estimate of drug-likeness (QED) is 0.778. The molecule has 0 aliphatic carbocycles. The first kappa shape index (κ1) is 17.2. The van der Waals surface area contributed by atoms with Crippen molar-refractivity contribution in [1.29, 1.82) is 0 Å². The molecule has 2 aromatic rings. The first-order valence-corrected chi connectivity index (χ1v) is 8.34. The highest BCUT2D eigenvalue weighted by Gasteiger charge is 2.20. The third-order valence-electron chi connectivity index (χ3n) is 4.12. The van der Waals surface area contributed by atoms with Crippen LogP contribution in [0.15, 0.2) is 33.4 Å². The summed E-state index contributed by atoms with van der Waals surface area (Å²) in [6, 6.07) is 5.67. The Morgan fingerprint density at radius 2 is 2.04 bits per heavy atom. The van der Waals surface area contributed by atoms with E-state index in [1.54, 1.807) is 6.26 Å². The highest BCUT2D eigenvalue weighted by atomic mass is 16.5. The molecule has 0 radical (unpaired) electrons. The number of hydrogen-bond donors (Lipinski definition) is 1. The number of aromatic nitrogens is 1. The normalized spacial score (nSPS) is 18.1. The highest BCUT2D eigenvalue weighted by Crippen LogP contribution is 2.10. The molecule has 0 aromatic carbocycles. The van der Waals surface area contributed by atoms with Crippen molar-refractivity contribution in [1.82, 2.24) is 15.0 Å². The maximum absolute atomic E-state index is 10.1. The second kappa shape index (κ2) is 8.43. The molecule has 24 heavy (non-hydrogen) atoms. The number of aliphatic hydroxyl groups is 1. The summed E-state index contributed by atoms with van der Waals surface area (Å²) in [7, 11) is 0. The van der Waals surface area contributed by atoms with Crippen LogP contribution in [-0.2, 0) is 17.9 Å². The van der Waals surface area contributed by atoms with Gasteiger partial charge < -0.3 is 18.8 Å². The molecule has 3 rings (SSSR count). The molecule has 132 valence electrons. The Bertz CT molecular complexity index is 591. The van der Waals surface area contributed by atoms with Gasteiger partial charge in [-0.1, -0.05) is 5.16 Å². The zero-order valence-electron chi connectivity index (χ0n) is 14.1. The van der Waals surface area contributed by atoms with E-state index in [1.165, 1.54) is 0 Å². The van der Waals surface area contributed by atoms with Crippen LogP contribution in [0.4, 0.5) is 0 Å². The van der Waals surface area contributed by atoms with Crippen molar-refractivity contribution in [2.45, 2.75) is 26.2 Å². The molecule has 1 fully saturated rings. The van der Waals surface area contributed by atoms with Crippen LogP contribution in [0.5, 0.6) is 0 Å². The molecule has 1 atom stereocenters. The van der Waals surface area contributed by atoms with Crippen molar-refractivity contribution in [2.24, 2.45) is 0 Å². The summed E-state index contributed by atoms with van der Waals surface area (Å²) in [6.45, 7) is 7.86. The van der Waals surface area contributed by atoms with Crippen LogP contribution in [0.25, 0.3) is 0 Å². The van der Waals surface area contributed by atoms with E-state index >= 15 is 0 Å². The average molecular weight is 335 g/mol. The molecule has 1 aliphatic rings. The van der Waals surface area contributed by atoms with Crippen molar-refractivity contribution in [3.63, 3.8) is 0 Å². The Morgan fingerprint density at radius 3 is 2.71 bits per heavy atom. The summed E-state index contributed by atoms with van der Waals surface area (Å²) in [4.78, 5) is 4.61. The van der Waals surface area contributed by atoms with Gasteiger partial charge >= 0.3 is 0 Å². The van der Waals surface area contributed by atoms with Gasteiger partial charge in [-0.3, -0.25) is 9.80 Å². The summed E-state index contributed by atoms with van der Waals surface area (Å²) in [5.74, 6) is 1.69. The maximum atomic E-state index is 10.1. The molecule has 1 N–H and O–H groups in total. The fourth-order valence-corrected chi connectivity index (χ4v) is 2.88. The molecule has 1 saturated heterocycles. The summed E-state index contributed by atoms with van der Waals surface area (Å²) < 4.78 is 15.9. The molecule has 0 saturated carbocycles. The predicted octanol–water partition coefficient (Wildman–Crippen LogP) is 1.27. The largest absolute Gasteiger partial charge is 0.467 e. The van der Waals surface area contributed by atoms with Gasteiger partial charge in [-0.15, -0.1) is 0 Å². The topological polar surface area (TPSA) is 75.1 Å². The summed E-state index contributed by atoms with van der Waals surface area (Å²) in [5.41, 5.74) is 0.918. The van der Waals surface area contributed by atoms with E-state index in [0.29, 0.717) is 19.8 Å². The summed E-state index contributed by atoms with van der Waals surface area (Å²) in [6.07, 6.45) is 1.14. The number of β-amino-alcohol motifs (C(OH)–C–C–N with tert-alkyl or cyclic N) is 1. The standard InChI is InChI=1S/C17H25N3O4/c1-14-9-17(24-18-14)11-20-6-4-19(5-7-20)10-15(21)12-22-13-16-3-2-8-23-16/h2-3,8-9,15,21H,4-7,10-13H2,1H3. The SMILES string of the molecule is Cc1cc(CN2CCN(CC(O)COCc3ccco3)CC2)on1. The van der Waals surface area contributed by atoms with Crippen molar-refractivity contribution < 1.29 is 18.8 Å². The van der Waals surface area contributed by atoms with E-state index < -0.39 is 6.10 Å². The van der Waals surface area contributed by atoms with Gasteiger partial charge in [0.1, 0.15) is 12.4 Å². The Kier molecular flexibility index (Phi) is 6.03. The van der Waals surface area contributed by atoms with Crippen LogP contribution >= 0.6 is 0 Å². The number of aryl methyl sites for hydroxylation is 1. The zero-order chi connectivity index (χ0) is 16.8. The lowest BCUT2D eigenvalue weighted by molar-refractivity contribution is -0.00352. The molecule has 2 aromatic heterocycles. The van der Waals surface area contributed by atoms with E-state index in [0.717, 1.165) is 49.9 Å². The van der Waals surface area contributed by atoms with Crippen LogP contribution < -0.4 is 0 Å². The van der Waals surface area contributed by atoms with Crippen LogP contribution in [0, 0.1) is 6.92 Å². The van der Waals surface area contributed by atoms with Gasteiger partial charge in [0.25, 0.3) is 0 Å². The van der Waals surface area contributed by atoms with E-state index in [9.17, 15) is 5.11 Å². The monoisotopic (exact) mass is 335 g/mol. The van der Waals surface area contributed by atoms with E-state index in [2.05, 4.69) is 15.0 Å². The van der Waals surface area contributed by atoms with Gasteiger partial charge in [0.05, 0.1) is 31.2 Å². The molecule has 0 amide bonds. The lowest BCUT2D eigenvalue weighted by atomic mass is 10.2. The number of ether oxygens (including phenoxy) is 1. The number of hydrogen-bond acceptors (Lipinski definition) is 7. The Hall–Kier alpha value is -1.67. The predicted molar refractivity (Wildman–Crippen MR) is 87.3 cm³/mol. The van der Waals surface area contributed by atoms with Crippen LogP contribution in [0.1, 0.15) is 17.2 Å². The minimum Gasteiger partial charge on any atom is -0.467 e. The van der Waals surface area contributed by atoms with Crippen molar-refractivity contribution in [3.05, 3.63) is 41.7 Å². The third kappa shape index (κ3) is 5.17. The van der Waals surface area contributed by atoms with E-state index in [-0.39, 0.29) is 0 Å². The molecule has 7 heteroatoms. The molecule has 0 bridgehead atoms. The molecule has 0 spiro atoms. The van der Waals surface area contributed by atoms with Crippen LogP contribution in [0.2, 0.25) is 0 Å². The Labute approximate surface area is 141 Å². The Balaban J connectivity index is 1.31. The lowest BCUT2D eigenvalue weighted by Crippen LogP contribution is -2.48. The maximum Gasteiger partial charge on any atom is 0.150 e. The van der Waals surface area contributed by atoms with Gasteiger partial charge in [-0.2, -0.15) is 0 Å². The molecule has 1 unspecified atom stereocenters. The fraction of sp³-hybridized carbons (Fsp3) is 0.588. The lowest BCUT2D eigenvalue weighted by Gasteiger charge is -2.35. The number of rotatable bonds is 8. The molecule has 1 aliphatic heterocycles. The second-order valence-corrected chi connectivity index (χ2v) is 6.26. The van der Waals surface area contributed by atoms with Gasteiger partial charge in [-0.25, -0.2) is 0 Å². The first-order valence-electron chi connectivity index (χ1n) is 8.34. The fourth-order valence-electron chi connectivity index (χ4n) is 2.88. The van der Waals surface area contributed by atoms with Crippen LogP contribution in [-0.4, -0.2) is 65.5 Å². The second-order valence-electron chi connectivity index (χ2n) is 6.26. The van der Waals surface area contributed by atoms with Crippen LogP contribution in [0.3, 0.4) is 0 Å². The molecule has 7 nitrogen and oxygen atoms in total. The van der Waals surface area contributed by atoms with E-state index in [1.807, 2.05) is 25.1 Å². The van der Waals surface area contributed by atoms with Crippen molar-refractivity contribution in [2.75, 3.05) is 39.3 Å². The average Bonchev–Trinajstić information content (AvgIpc) is 3.21. The number of nitrogens with zero attached hydrogens (tertiary/aromatic N) is 3. The van der Waals surface area contributed by atoms with Gasteiger partial charge in [0.2, 0.25) is 0 Å². The van der Waals surface area contributed by atoms with Gasteiger partial charge in [0.15, 0.2) is 5.76 Å². The van der Waals surface area contributed by atoms with E-state index in [4.69, 9.17) is 13.7 Å².